The minimum atomic E-state index is -0.177. The van der Waals surface area contributed by atoms with E-state index in [1.165, 1.54) is 18.3 Å². The van der Waals surface area contributed by atoms with E-state index in [1.807, 2.05) is 30.3 Å². The molecule has 114 valence electrons. The van der Waals surface area contributed by atoms with Crippen molar-refractivity contribution in [2.75, 3.05) is 7.11 Å². The zero-order valence-corrected chi connectivity index (χ0v) is 13.6. The third kappa shape index (κ3) is 6.44. The lowest BCUT2D eigenvalue weighted by Crippen LogP contribution is -2.14. The SMILES string of the molecule is COC(=O)C(CC/C=C(\C)CC=C(C)C)c1ccccc1. The monoisotopic (exact) mass is 286 g/mol. The van der Waals surface area contributed by atoms with Gasteiger partial charge in [0.15, 0.2) is 0 Å². The maximum atomic E-state index is 12.0. The summed E-state index contributed by atoms with van der Waals surface area (Å²) in [5.41, 5.74) is 3.70. The van der Waals surface area contributed by atoms with Crippen molar-refractivity contribution in [1.29, 1.82) is 0 Å². The van der Waals surface area contributed by atoms with Gasteiger partial charge >= 0.3 is 5.97 Å². The van der Waals surface area contributed by atoms with Crippen molar-refractivity contribution in [2.45, 2.75) is 46.0 Å². The summed E-state index contributed by atoms with van der Waals surface area (Å²) >= 11 is 0. The summed E-state index contributed by atoms with van der Waals surface area (Å²) in [5, 5.41) is 0. The van der Waals surface area contributed by atoms with Crippen LogP contribution in [0.1, 0.15) is 51.5 Å². The molecule has 0 bridgehead atoms. The third-order valence-electron chi connectivity index (χ3n) is 3.47. The molecule has 0 aliphatic rings. The highest BCUT2D eigenvalue weighted by Gasteiger charge is 2.20. The molecule has 0 amide bonds. The molecule has 0 spiro atoms. The van der Waals surface area contributed by atoms with E-state index in [1.54, 1.807) is 0 Å². The van der Waals surface area contributed by atoms with Crippen molar-refractivity contribution in [3.05, 3.63) is 59.2 Å². The maximum Gasteiger partial charge on any atom is 0.313 e. The lowest BCUT2D eigenvalue weighted by molar-refractivity contribution is -0.142. The number of ether oxygens (including phenoxy) is 1. The van der Waals surface area contributed by atoms with Crippen LogP contribution >= 0.6 is 0 Å². The van der Waals surface area contributed by atoms with Crippen molar-refractivity contribution in [3.8, 4) is 0 Å². The highest BCUT2D eigenvalue weighted by molar-refractivity contribution is 5.78. The topological polar surface area (TPSA) is 26.3 Å². The van der Waals surface area contributed by atoms with Crippen molar-refractivity contribution >= 4 is 5.97 Å². The van der Waals surface area contributed by atoms with Gasteiger partial charge in [-0.05, 0) is 45.6 Å². The highest BCUT2D eigenvalue weighted by Crippen LogP contribution is 2.23. The minimum Gasteiger partial charge on any atom is -0.469 e. The Bertz CT molecular complexity index is 494. The molecule has 1 unspecified atom stereocenters. The Morgan fingerprint density at radius 2 is 1.81 bits per heavy atom. The van der Waals surface area contributed by atoms with Gasteiger partial charge in [0.05, 0.1) is 13.0 Å². The predicted octanol–water partition coefficient (Wildman–Crippen LogP) is 5.03. The molecule has 0 heterocycles. The number of carbonyl (C=O) groups is 1. The quantitative estimate of drug-likeness (QED) is 0.519. The molecular weight excluding hydrogens is 260 g/mol. The van der Waals surface area contributed by atoms with Gasteiger partial charge in [-0.3, -0.25) is 4.79 Å². The van der Waals surface area contributed by atoms with E-state index < -0.39 is 0 Å². The number of esters is 1. The van der Waals surface area contributed by atoms with Gasteiger partial charge in [0, 0.05) is 0 Å². The summed E-state index contributed by atoms with van der Waals surface area (Å²) in [6, 6.07) is 9.85. The van der Waals surface area contributed by atoms with E-state index in [9.17, 15) is 4.79 Å². The number of rotatable bonds is 7. The lowest BCUT2D eigenvalue weighted by atomic mass is 9.93. The van der Waals surface area contributed by atoms with Gasteiger partial charge in [-0.15, -0.1) is 0 Å². The molecule has 0 N–H and O–H groups in total. The number of methoxy groups -OCH3 is 1. The Labute approximate surface area is 128 Å². The second-order valence-corrected chi connectivity index (χ2v) is 5.60. The fraction of sp³-hybridized carbons (Fsp3) is 0.421. The number of carbonyl (C=O) groups excluding carboxylic acids is 1. The summed E-state index contributed by atoms with van der Waals surface area (Å²) in [4.78, 5) is 12.0. The van der Waals surface area contributed by atoms with Gasteiger partial charge in [0.2, 0.25) is 0 Å². The Morgan fingerprint density at radius 3 is 2.38 bits per heavy atom. The maximum absolute atomic E-state index is 12.0. The van der Waals surface area contributed by atoms with Crippen molar-refractivity contribution in [1.82, 2.24) is 0 Å². The van der Waals surface area contributed by atoms with Crippen LogP contribution in [0.3, 0.4) is 0 Å². The van der Waals surface area contributed by atoms with Crippen molar-refractivity contribution in [2.24, 2.45) is 0 Å². The molecule has 0 aliphatic heterocycles. The Hall–Kier alpha value is -1.83. The molecule has 0 saturated heterocycles. The van der Waals surface area contributed by atoms with Crippen LogP contribution in [0.15, 0.2) is 53.6 Å². The van der Waals surface area contributed by atoms with Crippen LogP contribution in [-0.2, 0) is 9.53 Å². The van der Waals surface area contributed by atoms with E-state index in [0.717, 1.165) is 24.8 Å². The van der Waals surface area contributed by atoms with Crippen LogP contribution < -0.4 is 0 Å². The molecule has 1 atom stereocenters. The van der Waals surface area contributed by atoms with Gasteiger partial charge in [0.1, 0.15) is 0 Å². The zero-order chi connectivity index (χ0) is 15.7. The van der Waals surface area contributed by atoms with Gasteiger partial charge in [-0.1, -0.05) is 53.6 Å². The second kappa shape index (κ2) is 9.17. The number of hydrogen-bond acceptors (Lipinski definition) is 2. The van der Waals surface area contributed by atoms with Crippen LogP contribution in [0.25, 0.3) is 0 Å². The number of allylic oxidation sites excluding steroid dienone is 4. The van der Waals surface area contributed by atoms with Gasteiger partial charge < -0.3 is 4.74 Å². The molecule has 2 heteroatoms. The summed E-state index contributed by atoms with van der Waals surface area (Å²) in [6.45, 7) is 6.35. The minimum absolute atomic E-state index is 0.156. The molecule has 1 rings (SSSR count). The van der Waals surface area contributed by atoms with Crippen LogP contribution in [-0.4, -0.2) is 13.1 Å². The van der Waals surface area contributed by atoms with Crippen LogP contribution in [0.4, 0.5) is 0 Å². The normalized spacial score (nSPS) is 12.7. The summed E-state index contributed by atoms with van der Waals surface area (Å²) in [5.74, 6) is -0.333. The van der Waals surface area contributed by atoms with Crippen molar-refractivity contribution in [3.63, 3.8) is 0 Å². The van der Waals surface area contributed by atoms with E-state index in [-0.39, 0.29) is 11.9 Å². The molecule has 0 saturated carbocycles. The fourth-order valence-corrected chi connectivity index (χ4v) is 2.19. The first-order valence-electron chi connectivity index (χ1n) is 7.46. The molecule has 1 aromatic rings. The molecule has 0 fully saturated rings. The third-order valence-corrected chi connectivity index (χ3v) is 3.47. The molecule has 0 aliphatic carbocycles. The number of benzene rings is 1. The second-order valence-electron chi connectivity index (χ2n) is 5.60. The van der Waals surface area contributed by atoms with Gasteiger partial charge in [-0.2, -0.15) is 0 Å². The molecule has 21 heavy (non-hydrogen) atoms. The smallest absolute Gasteiger partial charge is 0.313 e. The molecule has 1 aromatic carbocycles. The zero-order valence-electron chi connectivity index (χ0n) is 13.6. The summed E-state index contributed by atoms with van der Waals surface area (Å²) in [6.07, 6.45) is 7.09. The first-order chi connectivity index (χ1) is 10.0. The fourth-order valence-electron chi connectivity index (χ4n) is 2.19. The standard InChI is InChI=1S/C19H26O2/c1-15(2)13-14-16(3)9-8-12-18(19(20)21-4)17-10-6-5-7-11-17/h5-7,9-11,13,18H,8,12,14H2,1-4H3/b16-9+. The Morgan fingerprint density at radius 1 is 1.14 bits per heavy atom. The van der Waals surface area contributed by atoms with Gasteiger partial charge in [-0.25, -0.2) is 0 Å². The van der Waals surface area contributed by atoms with E-state index in [2.05, 4.69) is 32.9 Å². The molecule has 0 radical (unpaired) electrons. The van der Waals surface area contributed by atoms with E-state index >= 15 is 0 Å². The van der Waals surface area contributed by atoms with Crippen LogP contribution in [0, 0.1) is 0 Å². The Kier molecular flexibility index (Phi) is 7.52. The molecular formula is C19H26O2. The Balaban J connectivity index is 2.65. The first-order valence-corrected chi connectivity index (χ1v) is 7.46. The van der Waals surface area contributed by atoms with Crippen LogP contribution in [0.5, 0.6) is 0 Å². The highest BCUT2D eigenvalue weighted by atomic mass is 16.5. The van der Waals surface area contributed by atoms with E-state index in [4.69, 9.17) is 4.74 Å². The summed E-state index contributed by atoms with van der Waals surface area (Å²) < 4.78 is 4.93. The average Bonchev–Trinajstić information content (AvgIpc) is 2.49. The molecule has 0 aromatic heterocycles. The van der Waals surface area contributed by atoms with Crippen molar-refractivity contribution < 1.29 is 9.53 Å². The number of hydrogen-bond donors (Lipinski definition) is 0. The van der Waals surface area contributed by atoms with Crippen LogP contribution in [0.2, 0.25) is 0 Å². The first kappa shape index (κ1) is 17.2. The largest absolute Gasteiger partial charge is 0.469 e. The average molecular weight is 286 g/mol. The summed E-state index contributed by atoms with van der Waals surface area (Å²) in [7, 11) is 1.45. The lowest BCUT2D eigenvalue weighted by Gasteiger charge is -2.14. The predicted molar refractivity (Wildman–Crippen MR) is 88.2 cm³/mol. The van der Waals surface area contributed by atoms with Gasteiger partial charge in [0.25, 0.3) is 0 Å². The van der Waals surface area contributed by atoms with E-state index in [0.29, 0.717) is 0 Å². The molecule has 2 nitrogen and oxygen atoms in total.